The Morgan fingerprint density at radius 3 is 2.63 bits per heavy atom. The number of hydrogen-bond acceptors (Lipinski definition) is 3. The van der Waals surface area contributed by atoms with E-state index in [4.69, 9.17) is 16.0 Å². The lowest BCUT2D eigenvalue weighted by atomic mass is 9.95. The SMILES string of the molecule is CC(c1cc2ccccc2o1)N(C)C(=O)C1CCCN(C(=O)c2ccc(Cl)cc2)C1. The van der Waals surface area contributed by atoms with Crippen LogP contribution in [0.5, 0.6) is 0 Å². The first-order valence-electron chi connectivity index (χ1n) is 10.2. The van der Waals surface area contributed by atoms with Crippen LogP contribution in [0.1, 0.15) is 41.9 Å². The number of amides is 2. The fourth-order valence-electron chi connectivity index (χ4n) is 4.02. The second kappa shape index (κ2) is 8.52. The third-order valence-corrected chi connectivity index (χ3v) is 6.19. The minimum Gasteiger partial charge on any atom is -0.459 e. The van der Waals surface area contributed by atoms with Gasteiger partial charge in [-0.3, -0.25) is 9.59 Å². The fraction of sp³-hybridized carbons (Fsp3) is 0.333. The van der Waals surface area contributed by atoms with Gasteiger partial charge >= 0.3 is 0 Å². The molecule has 1 aliphatic rings. The second-order valence-corrected chi connectivity index (χ2v) is 8.35. The zero-order chi connectivity index (χ0) is 21.3. The lowest BCUT2D eigenvalue weighted by Crippen LogP contribution is -2.46. The molecule has 2 aromatic carbocycles. The Kier molecular flexibility index (Phi) is 5.82. The summed E-state index contributed by atoms with van der Waals surface area (Å²) >= 11 is 5.92. The summed E-state index contributed by atoms with van der Waals surface area (Å²) in [5.74, 6) is 0.525. The van der Waals surface area contributed by atoms with E-state index in [1.807, 2.05) is 37.3 Å². The molecule has 0 saturated carbocycles. The summed E-state index contributed by atoms with van der Waals surface area (Å²) in [5, 5.41) is 1.62. The van der Waals surface area contributed by atoms with Crippen molar-refractivity contribution in [3.05, 3.63) is 70.9 Å². The molecule has 1 aromatic heterocycles. The van der Waals surface area contributed by atoms with Gasteiger partial charge in [0, 0.05) is 36.1 Å². The van der Waals surface area contributed by atoms with E-state index < -0.39 is 0 Å². The molecule has 2 heterocycles. The minimum absolute atomic E-state index is 0.0385. The highest BCUT2D eigenvalue weighted by Gasteiger charge is 2.32. The number of nitrogens with zero attached hydrogens (tertiary/aromatic N) is 2. The summed E-state index contributed by atoms with van der Waals surface area (Å²) in [6.07, 6.45) is 1.59. The minimum atomic E-state index is -0.216. The summed E-state index contributed by atoms with van der Waals surface area (Å²) < 4.78 is 5.95. The normalized spacial score (nSPS) is 17.7. The number of piperidine rings is 1. The van der Waals surface area contributed by atoms with Crippen LogP contribution in [-0.4, -0.2) is 41.8 Å². The number of carbonyl (C=O) groups is 2. The van der Waals surface area contributed by atoms with Crippen molar-refractivity contribution < 1.29 is 14.0 Å². The van der Waals surface area contributed by atoms with E-state index in [2.05, 4.69) is 0 Å². The lowest BCUT2D eigenvalue weighted by Gasteiger charge is -2.35. The van der Waals surface area contributed by atoms with E-state index in [1.54, 1.807) is 41.1 Å². The van der Waals surface area contributed by atoms with E-state index in [9.17, 15) is 9.59 Å². The number of halogens is 1. The molecule has 30 heavy (non-hydrogen) atoms. The number of likely N-dealkylation sites (tertiary alicyclic amines) is 1. The molecular formula is C24H25ClN2O3. The third kappa shape index (κ3) is 4.08. The van der Waals surface area contributed by atoms with Gasteiger partial charge in [0.15, 0.2) is 0 Å². The molecule has 0 aliphatic carbocycles. The highest BCUT2D eigenvalue weighted by molar-refractivity contribution is 6.30. The van der Waals surface area contributed by atoms with Crippen molar-refractivity contribution in [2.75, 3.05) is 20.1 Å². The molecule has 4 rings (SSSR count). The molecule has 0 N–H and O–H groups in total. The van der Waals surface area contributed by atoms with Gasteiger partial charge in [-0.15, -0.1) is 0 Å². The van der Waals surface area contributed by atoms with Crippen LogP contribution in [-0.2, 0) is 4.79 Å². The standard InChI is InChI=1S/C24H25ClN2O3/c1-16(22-14-18-6-3-4-8-21(18)30-22)26(2)23(28)19-7-5-13-27(15-19)24(29)17-9-11-20(25)12-10-17/h3-4,6,8-12,14,16,19H,5,7,13,15H2,1-2H3. The van der Waals surface area contributed by atoms with Gasteiger partial charge in [-0.1, -0.05) is 29.8 Å². The van der Waals surface area contributed by atoms with Crippen molar-refractivity contribution in [1.82, 2.24) is 9.80 Å². The smallest absolute Gasteiger partial charge is 0.253 e. The zero-order valence-electron chi connectivity index (χ0n) is 17.2. The van der Waals surface area contributed by atoms with Gasteiger partial charge in [-0.2, -0.15) is 0 Å². The number of carbonyl (C=O) groups excluding carboxylic acids is 2. The Bertz CT molecular complexity index is 1030. The van der Waals surface area contributed by atoms with Gasteiger partial charge in [0.25, 0.3) is 5.91 Å². The molecule has 1 saturated heterocycles. The predicted octanol–water partition coefficient (Wildman–Crippen LogP) is 5.16. The third-order valence-electron chi connectivity index (χ3n) is 5.93. The van der Waals surface area contributed by atoms with Crippen molar-refractivity contribution in [2.45, 2.75) is 25.8 Å². The van der Waals surface area contributed by atoms with Crippen LogP contribution in [0.3, 0.4) is 0 Å². The van der Waals surface area contributed by atoms with Crippen LogP contribution >= 0.6 is 11.6 Å². The van der Waals surface area contributed by atoms with Gasteiger partial charge in [0.1, 0.15) is 11.3 Å². The Labute approximate surface area is 181 Å². The summed E-state index contributed by atoms with van der Waals surface area (Å²) in [6, 6.07) is 16.5. The molecule has 0 bridgehead atoms. The number of para-hydroxylation sites is 1. The van der Waals surface area contributed by atoms with Crippen LogP contribution in [0.25, 0.3) is 11.0 Å². The van der Waals surface area contributed by atoms with Crippen LogP contribution in [0.15, 0.2) is 59.0 Å². The summed E-state index contributed by atoms with van der Waals surface area (Å²) in [4.78, 5) is 29.6. The van der Waals surface area contributed by atoms with Crippen molar-refractivity contribution in [1.29, 1.82) is 0 Å². The number of furan rings is 1. The summed E-state index contributed by atoms with van der Waals surface area (Å²) in [6.45, 7) is 3.06. The van der Waals surface area contributed by atoms with Crippen molar-refractivity contribution in [3.63, 3.8) is 0 Å². The summed E-state index contributed by atoms with van der Waals surface area (Å²) in [5.41, 5.74) is 1.41. The van der Waals surface area contributed by atoms with Crippen LogP contribution < -0.4 is 0 Å². The molecule has 5 nitrogen and oxygen atoms in total. The molecule has 1 aliphatic heterocycles. The maximum absolute atomic E-state index is 13.2. The van der Waals surface area contributed by atoms with Gasteiger partial charge in [-0.05, 0) is 56.2 Å². The molecule has 2 unspecified atom stereocenters. The highest BCUT2D eigenvalue weighted by Crippen LogP contribution is 2.29. The highest BCUT2D eigenvalue weighted by atomic mass is 35.5. The van der Waals surface area contributed by atoms with Crippen molar-refractivity contribution in [3.8, 4) is 0 Å². The van der Waals surface area contributed by atoms with Gasteiger partial charge < -0.3 is 14.2 Å². The van der Waals surface area contributed by atoms with Crippen LogP contribution in [0, 0.1) is 5.92 Å². The fourth-order valence-corrected chi connectivity index (χ4v) is 4.14. The van der Waals surface area contributed by atoms with E-state index in [0.717, 1.165) is 29.6 Å². The van der Waals surface area contributed by atoms with E-state index in [1.165, 1.54) is 0 Å². The molecule has 6 heteroatoms. The molecule has 0 spiro atoms. The number of benzene rings is 2. The lowest BCUT2D eigenvalue weighted by molar-refractivity contribution is -0.137. The average Bonchev–Trinajstić information content (AvgIpc) is 3.22. The molecule has 156 valence electrons. The largest absolute Gasteiger partial charge is 0.459 e. The van der Waals surface area contributed by atoms with E-state index >= 15 is 0 Å². The Hall–Kier alpha value is -2.79. The van der Waals surface area contributed by atoms with Crippen molar-refractivity contribution in [2.24, 2.45) is 5.92 Å². The van der Waals surface area contributed by atoms with Gasteiger partial charge in [0.05, 0.1) is 12.0 Å². The Morgan fingerprint density at radius 2 is 1.90 bits per heavy atom. The zero-order valence-corrected chi connectivity index (χ0v) is 17.9. The van der Waals surface area contributed by atoms with Crippen molar-refractivity contribution >= 4 is 34.4 Å². The molecule has 1 fully saturated rings. The number of fused-ring (bicyclic) bond motifs is 1. The molecule has 0 radical (unpaired) electrons. The monoisotopic (exact) mass is 424 g/mol. The average molecular weight is 425 g/mol. The van der Waals surface area contributed by atoms with Gasteiger partial charge in [0.2, 0.25) is 5.91 Å². The quantitative estimate of drug-likeness (QED) is 0.581. The van der Waals surface area contributed by atoms with Gasteiger partial charge in [-0.25, -0.2) is 0 Å². The molecule has 3 aromatic rings. The van der Waals surface area contributed by atoms with Crippen LogP contribution in [0.4, 0.5) is 0 Å². The number of hydrogen-bond donors (Lipinski definition) is 0. The maximum atomic E-state index is 13.2. The van der Waals surface area contributed by atoms with E-state index in [0.29, 0.717) is 23.7 Å². The topological polar surface area (TPSA) is 53.8 Å². The maximum Gasteiger partial charge on any atom is 0.253 e. The molecular weight excluding hydrogens is 400 g/mol. The first-order valence-corrected chi connectivity index (χ1v) is 10.6. The number of rotatable bonds is 4. The van der Waals surface area contributed by atoms with Crippen LogP contribution in [0.2, 0.25) is 5.02 Å². The molecule has 2 atom stereocenters. The second-order valence-electron chi connectivity index (χ2n) is 7.91. The first kappa shape index (κ1) is 20.5. The first-order chi connectivity index (χ1) is 14.4. The Morgan fingerprint density at radius 1 is 1.17 bits per heavy atom. The Balaban J connectivity index is 1.45. The summed E-state index contributed by atoms with van der Waals surface area (Å²) in [7, 11) is 1.81. The predicted molar refractivity (Wildman–Crippen MR) is 117 cm³/mol. The molecule has 2 amide bonds. The van der Waals surface area contributed by atoms with E-state index in [-0.39, 0.29) is 23.8 Å².